The summed E-state index contributed by atoms with van der Waals surface area (Å²) in [7, 11) is 1.50. The Labute approximate surface area is 141 Å². The van der Waals surface area contributed by atoms with Crippen LogP contribution in [0, 0.1) is 12.8 Å². The van der Waals surface area contributed by atoms with Gasteiger partial charge in [-0.2, -0.15) is 0 Å². The van der Waals surface area contributed by atoms with Crippen molar-refractivity contribution in [2.24, 2.45) is 5.92 Å². The number of carbonyl (C=O) groups excluding carboxylic acids is 2. The van der Waals surface area contributed by atoms with Crippen molar-refractivity contribution in [1.82, 2.24) is 0 Å². The van der Waals surface area contributed by atoms with E-state index in [1.807, 2.05) is 6.92 Å². The van der Waals surface area contributed by atoms with Crippen LogP contribution in [-0.2, 0) is 14.3 Å². The highest BCUT2D eigenvalue weighted by Gasteiger charge is 2.20. The molecule has 0 atom stereocenters. The Balaban J connectivity index is 1.84. The Morgan fingerprint density at radius 2 is 2.00 bits per heavy atom. The van der Waals surface area contributed by atoms with Crippen LogP contribution in [-0.4, -0.2) is 25.6 Å². The van der Waals surface area contributed by atoms with Crippen molar-refractivity contribution >= 4 is 29.2 Å². The first-order valence-corrected chi connectivity index (χ1v) is 8.17. The number of carbonyl (C=O) groups is 2. The van der Waals surface area contributed by atoms with Gasteiger partial charge in [-0.15, -0.1) is 0 Å². The second kappa shape index (κ2) is 8.20. The summed E-state index contributed by atoms with van der Waals surface area (Å²) in [5.74, 6) is 0.159. The molecule has 0 spiro atoms. The minimum atomic E-state index is -0.398. The molecule has 1 N–H and O–H groups in total. The number of amides is 1. The van der Waals surface area contributed by atoms with Crippen molar-refractivity contribution in [3.8, 4) is 5.75 Å². The first-order chi connectivity index (χ1) is 11.0. The molecule has 1 aliphatic rings. The van der Waals surface area contributed by atoms with E-state index < -0.39 is 5.91 Å². The second-order valence-corrected chi connectivity index (χ2v) is 6.27. The quantitative estimate of drug-likeness (QED) is 0.802. The van der Waals surface area contributed by atoms with Crippen LogP contribution in [0.2, 0.25) is 5.02 Å². The van der Waals surface area contributed by atoms with Crippen molar-refractivity contribution < 1.29 is 19.1 Å². The van der Waals surface area contributed by atoms with Gasteiger partial charge in [-0.25, -0.2) is 0 Å². The summed E-state index contributed by atoms with van der Waals surface area (Å²) < 4.78 is 10.2. The van der Waals surface area contributed by atoms with Crippen LogP contribution in [0.4, 0.5) is 5.69 Å². The van der Waals surface area contributed by atoms with Gasteiger partial charge in [0.1, 0.15) is 5.75 Å². The molecule has 6 heteroatoms. The zero-order chi connectivity index (χ0) is 16.8. The molecular formula is C17H22ClNO4. The van der Waals surface area contributed by atoms with E-state index in [-0.39, 0.29) is 12.6 Å². The Bertz CT molecular complexity index is 582. The highest BCUT2D eigenvalue weighted by molar-refractivity contribution is 6.31. The highest BCUT2D eigenvalue weighted by atomic mass is 35.5. The molecule has 0 unspecified atom stereocenters. The van der Waals surface area contributed by atoms with Gasteiger partial charge in [-0.1, -0.05) is 24.4 Å². The molecule has 126 valence electrons. The number of esters is 1. The Morgan fingerprint density at radius 1 is 1.30 bits per heavy atom. The van der Waals surface area contributed by atoms with E-state index in [9.17, 15) is 9.59 Å². The minimum absolute atomic E-state index is 0.295. The topological polar surface area (TPSA) is 64.6 Å². The summed E-state index contributed by atoms with van der Waals surface area (Å²) in [5, 5.41) is 3.24. The number of hydrogen-bond acceptors (Lipinski definition) is 4. The summed E-state index contributed by atoms with van der Waals surface area (Å²) >= 11 is 6.02. The second-order valence-electron chi connectivity index (χ2n) is 5.87. The first-order valence-electron chi connectivity index (χ1n) is 7.79. The summed E-state index contributed by atoms with van der Waals surface area (Å²) in [6, 6.07) is 3.36. The van der Waals surface area contributed by atoms with Crippen LogP contribution in [0.15, 0.2) is 12.1 Å². The summed E-state index contributed by atoms with van der Waals surface area (Å²) in [6.07, 6.45) is 4.89. The Kier molecular flexibility index (Phi) is 6.28. The van der Waals surface area contributed by atoms with Gasteiger partial charge in [-0.3, -0.25) is 9.59 Å². The lowest BCUT2D eigenvalue weighted by Crippen LogP contribution is -2.22. The minimum Gasteiger partial charge on any atom is -0.495 e. The molecule has 2 rings (SSSR count). The van der Waals surface area contributed by atoms with Gasteiger partial charge in [0.15, 0.2) is 6.61 Å². The van der Waals surface area contributed by atoms with E-state index in [4.69, 9.17) is 21.1 Å². The lowest BCUT2D eigenvalue weighted by molar-refractivity contribution is -0.148. The maximum absolute atomic E-state index is 11.9. The lowest BCUT2D eigenvalue weighted by atomic mass is 10.1. The molecule has 1 aromatic carbocycles. The van der Waals surface area contributed by atoms with Crippen LogP contribution in [0.25, 0.3) is 0 Å². The zero-order valence-electron chi connectivity index (χ0n) is 13.5. The maximum atomic E-state index is 11.9. The van der Waals surface area contributed by atoms with Crippen molar-refractivity contribution in [2.75, 3.05) is 19.0 Å². The summed E-state index contributed by atoms with van der Waals surface area (Å²) in [5.41, 5.74) is 1.33. The monoisotopic (exact) mass is 339 g/mol. The number of ether oxygens (including phenoxy) is 2. The number of aryl methyl sites for hydroxylation is 1. The molecule has 23 heavy (non-hydrogen) atoms. The number of nitrogens with one attached hydrogen (secondary N) is 1. The number of anilines is 1. The fourth-order valence-electron chi connectivity index (χ4n) is 2.77. The largest absolute Gasteiger partial charge is 0.495 e. The molecule has 5 nitrogen and oxygen atoms in total. The van der Waals surface area contributed by atoms with E-state index in [1.54, 1.807) is 12.1 Å². The molecule has 0 radical (unpaired) electrons. The van der Waals surface area contributed by atoms with E-state index in [0.29, 0.717) is 28.8 Å². The Morgan fingerprint density at radius 3 is 2.65 bits per heavy atom. The van der Waals surface area contributed by atoms with Crippen LogP contribution in [0.5, 0.6) is 5.75 Å². The van der Waals surface area contributed by atoms with Gasteiger partial charge in [0.05, 0.1) is 12.8 Å². The lowest BCUT2D eigenvalue weighted by Gasteiger charge is -2.13. The molecular weight excluding hydrogens is 318 g/mol. The van der Waals surface area contributed by atoms with Crippen molar-refractivity contribution in [3.05, 3.63) is 22.7 Å². The van der Waals surface area contributed by atoms with Gasteiger partial charge >= 0.3 is 5.97 Å². The molecule has 1 saturated carbocycles. The fraction of sp³-hybridized carbons (Fsp3) is 0.529. The van der Waals surface area contributed by atoms with Crippen LogP contribution >= 0.6 is 11.6 Å². The average molecular weight is 340 g/mol. The smallest absolute Gasteiger partial charge is 0.306 e. The van der Waals surface area contributed by atoms with E-state index in [2.05, 4.69) is 5.32 Å². The maximum Gasteiger partial charge on any atom is 0.306 e. The zero-order valence-corrected chi connectivity index (χ0v) is 14.2. The number of hydrogen-bond donors (Lipinski definition) is 1. The predicted molar refractivity (Wildman–Crippen MR) is 88.9 cm³/mol. The third-order valence-electron chi connectivity index (χ3n) is 4.05. The molecule has 1 aromatic rings. The first kappa shape index (κ1) is 17.6. The van der Waals surface area contributed by atoms with Crippen LogP contribution in [0.1, 0.15) is 37.7 Å². The molecule has 0 heterocycles. The average Bonchev–Trinajstić information content (AvgIpc) is 3.01. The van der Waals surface area contributed by atoms with E-state index in [0.717, 1.165) is 18.4 Å². The Hall–Kier alpha value is -1.75. The van der Waals surface area contributed by atoms with Crippen molar-refractivity contribution in [1.29, 1.82) is 0 Å². The number of halogens is 1. The predicted octanol–water partition coefficient (Wildman–Crippen LogP) is 3.72. The SMILES string of the molecule is COc1cc(Cl)c(C)cc1NC(=O)COC(=O)CC1CCCC1. The number of rotatable bonds is 6. The molecule has 1 aliphatic carbocycles. The number of benzene rings is 1. The third kappa shape index (κ3) is 5.13. The van der Waals surface area contributed by atoms with Crippen LogP contribution in [0.3, 0.4) is 0 Å². The molecule has 0 aliphatic heterocycles. The van der Waals surface area contributed by atoms with Gasteiger partial charge in [0, 0.05) is 17.5 Å². The van der Waals surface area contributed by atoms with Gasteiger partial charge < -0.3 is 14.8 Å². The van der Waals surface area contributed by atoms with E-state index in [1.165, 1.54) is 20.0 Å². The third-order valence-corrected chi connectivity index (χ3v) is 4.46. The van der Waals surface area contributed by atoms with Crippen molar-refractivity contribution in [3.63, 3.8) is 0 Å². The van der Waals surface area contributed by atoms with Gasteiger partial charge in [0.25, 0.3) is 5.91 Å². The molecule has 1 fully saturated rings. The fourth-order valence-corrected chi connectivity index (χ4v) is 2.92. The standard InChI is InChI=1S/C17H22ClNO4/c1-11-7-14(15(22-2)9-13(11)18)19-16(20)10-23-17(21)8-12-5-3-4-6-12/h7,9,12H,3-6,8,10H2,1-2H3,(H,19,20). The molecule has 1 amide bonds. The molecule has 0 aromatic heterocycles. The highest BCUT2D eigenvalue weighted by Crippen LogP contribution is 2.31. The normalized spacial score (nSPS) is 14.6. The van der Waals surface area contributed by atoms with Crippen LogP contribution < -0.4 is 10.1 Å². The van der Waals surface area contributed by atoms with Gasteiger partial charge in [-0.05, 0) is 37.3 Å². The number of methoxy groups -OCH3 is 1. The molecule has 0 bridgehead atoms. The van der Waals surface area contributed by atoms with Gasteiger partial charge in [0.2, 0.25) is 0 Å². The van der Waals surface area contributed by atoms with Crippen molar-refractivity contribution in [2.45, 2.75) is 39.0 Å². The molecule has 0 saturated heterocycles. The summed E-state index contributed by atoms with van der Waals surface area (Å²) in [4.78, 5) is 23.7. The van der Waals surface area contributed by atoms with E-state index >= 15 is 0 Å². The summed E-state index contributed by atoms with van der Waals surface area (Å²) in [6.45, 7) is 1.54.